The van der Waals surface area contributed by atoms with E-state index in [1.807, 2.05) is 0 Å². The van der Waals surface area contributed by atoms with Crippen molar-refractivity contribution < 1.29 is 35.1 Å². The number of ether oxygens (including phenoxy) is 1. The molecule has 7 heteroatoms. The number of esters is 1. The van der Waals surface area contributed by atoms with Crippen LogP contribution in [0.25, 0.3) is 0 Å². The summed E-state index contributed by atoms with van der Waals surface area (Å²) in [6, 6.07) is 0. The van der Waals surface area contributed by atoms with Gasteiger partial charge in [0, 0.05) is 6.08 Å². The van der Waals surface area contributed by atoms with Gasteiger partial charge in [-0.2, -0.15) is 0 Å². The van der Waals surface area contributed by atoms with Crippen LogP contribution in [0.15, 0.2) is 12.7 Å². The van der Waals surface area contributed by atoms with Crippen molar-refractivity contribution in [1.29, 1.82) is 0 Å². The first-order valence-electron chi connectivity index (χ1n) is 4.49. The summed E-state index contributed by atoms with van der Waals surface area (Å²) in [5, 5.41) is 40.9. The molecule has 0 heterocycles. The molecular weight excluding hydrogens is 220 g/mol. The maximum atomic E-state index is 10.3. The highest BCUT2D eigenvalue weighted by atomic mass is 16.5. The molecule has 0 spiro atoms. The Kier molecular flexibility index (Phi) is 13.1. The van der Waals surface area contributed by atoms with Crippen LogP contribution in [0.5, 0.6) is 0 Å². The minimum absolute atomic E-state index is 0.193. The quantitative estimate of drug-likeness (QED) is 0.253. The van der Waals surface area contributed by atoms with Crippen molar-refractivity contribution in [3.63, 3.8) is 0 Å². The molecule has 0 aliphatic heterocycles. The van der Waals surface area contributed by atoms with E-state index in [1.54, 1.807) is 0 Å². The molecule has 0 aliphatic rings. The van der Waals surface area contributed by atoms with Crippen molar-refractivity contribution in [2.45, 2.75) is 12.2 Å². The number of aliphatic hydroxyl groups is 5. The van der Waals surface area contributed by atoms with Gasteiger partial charge < -0.3 is 30.3 Å². The largest absolute Gasteiger partial charge is 0.460 e. The predicted octanol–water partition coefficient (Wildman–Crippen LogP) is -2.60. The summed E-state index contributed by atoms with van der Waals surface area (Å²) in [6.07, 6.45) is -0.960. The van der Waals surface area contributed by atoms with Crippen LogP contribution in [0.2, 0.25) is 0 Å². The maximum Gasteiger partial charge on any atom is 0.330 e. The fourth-order valence-electron chi connectivity index (χ4n) is 0.348. The average Bonchev–Trinajstić information content (AvgIpc) is 2.34. The molecule has 0 saturated carbocycles. The summed E-state index contributed by atoms with van der Waals surface area (Å²) in [7, 11) is 0. The molecule has 0 fully saturated rings. The summed E-state index contributed by atoms with van der Waals surface area (Å²) in [5.74, 6) is -0.604. The summed E-state index contributed by atoms with van der Waals surface area (Å²) in [4.78, 5) is 10.3. The summed E-state index contributed by atoms with van der Waals surface area (Å²) in [6.45, 7) is 1.81. The molecule has 0 aromatic carbocycles. The van der Waals surface area contributed by atoms with Crippen LogP contribution in [-0.2, 0) is 9.53 Å². The van der Waals surface area contributed by atoms with Crippen molar-refractivity contribution in [2.75, 3.05) is 26.4 Å². The molecule has 0 radical (unpaired) electrons. The molecule has 7 nitrogen and oxygen atoms in total. The van der Waals surface area contributed by atoms with Crippen LogP contribution >= 0.6 is 0 Å². The lowest BCUT2D eigenvalue weighted by atomic mass is 10.4. The molecule has 0 saturated heterocycles. The zero-order valence-corrected chi connectivity index (χ0v) is 8.82. The lowest BCUT2D eigenvalue weighted by Crippen LogP contribution is -2.21. The number of hydrogen-bond acceptors (Lipinski definition) is 7. The molecule has 96 valence electrons. The Balaban J connectivity index is 0. The second kappa shape index (κ2) is 12.1. The van der Waals surface area contributed by atoms with E-state index in [2.05, 4.69) is 11.3 Å². The van der Waals surface area contributed by atoms with Crippen molar-refractivity contribution in [1.82, 2.24) is 0 Å². The van der Waals surface area contributed by atoms with E-state index in [9.17, 15) is 4.79 Å². The zero-order valence-electron chi connectivity index (χ0n) is 8.82. The maximum absolute atomic E-state index is 10.3. The standard InChI is InChI=1S/C6H10O4.C3H8O3/c1-2-6(9)10-4-5(8)3-7;4-1-3(6)2-5/h2,5,7-8H,1,3-4H2;3-6H,1-2H2. The summed E-state index contributed by atoms with van der Waals surface area (Å²) in [5.41, 5.74) is 0. The van der Waals surface area contributed by atoms with Crippen LogP contribution in [0.4, 0.5) is 0 Å². The van der Waals surface area contributed by atoms with Crippen molar-refractivity contribution >= 4 is 5.97 Å². The van der Waals surface area contributed by atoms with Gasteiger partial charge in [-0.25, -0.2) is 4.79 Å². The topological polar surface area (TPSA) is 127 Å². The Bertz CT molecular complexity index is 179. The van der Waals surface area contributed by atoms with Crippen molar-refractivity contribution in [3.05, 3.63) is 12.7 Å². The molecule has 0 bridgehead atoms. The van der Waals surface area contributed by atoms with E-state index in [0.717, 1.165) is 6.08 Å². The van der Waals surface area contributed by atoms with Crippen LogP contribution in [0, 0.1) is 0 Å². The summed E-state index contributed by atoms with van der Waals surface area (Å²) >= 11 is 0. The SMILES string of the molecule is C=CC(=O)OCC(O)CO.OCC(O)CO. The van der Waals surface area contributed by atoms with Gasteiger partial charge in [-0.15, -0.1) is 0 Å². The van der Waals surface area contributed by atoms with Crippen LogP contribution in [0.3, 0.4) is 0 Å². The van der Waals surface area contributed by atoms with Gasteiger partial charge in [0.15, 0.2) is 0 Å². The number of carbonyl (C=O) groups is 1. The number of aliphatic hydroxyl groups excluding tert-OH is 5. The number of rotatable bonds is 6. The average molecular weight is 238 g/mol. The third kappa shape index (κ3) is 13.0. The second-order valence-electron chi connectivity index (χ2n) is 2.69. The smallest absolute Gasteiger partial charge is 0.330 e. The fraction of sp³-hybridized carbons (Fsp3) is 0.667. The second-order valence-corrected chi connectivity index (χ2v) is 2.69. The molecular formula is C9H18O7. The monoisotopic (exact) mass is 238 g/mol. The van der Waals surface area contributed by atoms with E-state index in [-0.39, 0.29) is 19.8 Å². The molecule has 0 aromatic rings. The van der Waals surface area contributed by atoms with Gasteiger partial charge in [0.1, 0.15) is 18.8 Å². The highest BCUT2D eigenvalue weighted by molar-refractivity contribution is 5.81. The molecule has 16 heavy (non-hydrogen) atoms. The minimum atomic E-state index is -0.996. The van der Waals surface area contributed by atoms with Crippen LogP contribution in [-0.4, -0.2) is 70.1 Å². The Hall–Kier alpha value is -0.990. The van der Waals surface area contributed by atoms with Gasteiger partial charge in [0.25, 0.3) is 0 Å². The Morgan fingerprint density at radius 1 is 1.12 bits per heavy atom. The first-order chi connectivity index (χ1) is 7.51. The van der Waals surface area contributed by atoms with Gasteiger partial charge >= 0.3 is 5.97 Å². The Labute approximate surface area is 93.2 Å². The van der Waals surface area contributed by atoms with E-state index in [1.165, 1.54) is 0 Å². The molecule has 0 rings (SSSR count). The first kappa shape index (κ1) is 17.4. The van der Waals surface area contributed by atoms with Crippen molar-refractivity contribution in [3.8, 4) is 0 Å². The molecule has 1 atom stereocenters. The lowest BCUT2D eigenvalue weighted by Gasteiger charge is -2.05. The highest BCUT2D eigenvalue weighted by Gasteiger charge is 2.03. The van der Waals surface area contributed by atoms with Gasteiger partial charge in [-0.1, -0.05) is 6.58 Å². The molecule has 0 aliphatic carbocycles. The highest BCUT2D eigenvalue weighted by Crippen LogP contribution is 1.84. The molecule has 1 unspecified atom stereocenters. The van der Waals surface area contributed by atoms with Gasteiger partial charge in [-0.05, 0) is 0 Å². The zero-order chi connectivity index (χ0) is 13.0. The Morgan fingerprint density at radius 3 is 1.81 bits per heavy atom. The molecule has 0 aromatic heterocycles. The van der Waals surface area contributed by atoms with Crippen molar-refractivity contribution in [2.24, 2.45) is 0 Å². The predicted molar refractivity (Wildman–Crippen MR) is 54.4 cm³/mol. The minimum Gasteiger partial charge on any atom is -0.460 e. The van der Waals surface area contributed by atoms with E-state index < -0.39 is 24.8 Å². The third-order valence-electron chi connectivity index (χ3n) is 1.22. The van der Waals surface area contributed by atoms with E-state index in [0.29, 0.717) is 0 Å². The van der Waals surface area contributed by atoms with E-state index in [4.69, 9.17) is 25.5 Å². The van der Waals surface area contributed by atoms with E-state index >= 15 is 0 Å². The molecule has 0 amide bonds. The third-order valence-corrected chi connectivity index (χ3v) is 1.22. The Morgan fingerprint density at radius 2 is 1.56 bits per heavy atom. The molecule has 5 N–H and O–H groups in total. The van der Waals surface area contributed by atoms with Gasteiger partial charge in [0.2, 0.25) is 0 Å². The summed E-state index contributed by atoms with van der Waals surface area (Å²) < 4.78 is 4.38. The van der Waals surface area contributed by atoms with Crippen LogP contribution in [0.1, 0.15) is 0 Å². The first-order valence-corrected chi connectivity index (χ1v) is 4.49. The number of hydrogen-bond donors (Lipinski definition) is 5. The van der Waals surface area contributed by atoms with Gasteiger partial charge in [0.05, 0.1) is 19.8 Å². The van der Waals surface area contributed by atoms with Crippen LogP contribution < -0.4 is 0 Å². The number of carbonyl (C=O) groups excluding carboxylic acids is 1. The van der Waals surface area contributed by atoms with Gasteiger partial charge in [-0.3, -0.25) is 0 Å². The fourth-order valence-corrected chi connectivity index (χ4v) is 0.348. The normalized spacial score (nSPS) is 11.4. The lowest BCUT2D eigenvalue weighted by molar-refractivity contribution is -0.141.